The van der Waals surface area contributed by atoms with Gasteiger partial charge in [-0.25, -0.2) is 0 Å². The van der Waals surface area contributed by atoms with E-state index in [2.05, 4.69) is 56.8 Å². The Morgan fingerprint density at radius 3 is 2.53 bits per heavy atom. The smallest absolute Gasteiger partial charge is 0.0904 e. The predicted octanol–water partition coefficient (Wildman–Crippen LogP) is 6.57. The number of azide groups is 1. The number of nitrogens with zero attached hydrogens (tertiary/aromatic N) is 3. The molecule has 4 rings (SSSR count). The van der Waals surface area contributed by atoms with Crippen molar-refractivity contribution in [3.8, 4) is 0 Å². The molecule has 5 nitrogen and oxygen atoms in total. The number of aliphatic hydroxyl groups excluding tert-OH is 2. The van der Waals surface area contributed by atoms with Gasteiger partial charge in [0.05, 0.1) is 18.2 Å². The highest BCUT2D eigenvalue weighted by Gasteiger charge is 2.60. The van der Waals surface area contributed by atoms with Crippen molar-refractivity contribution in [1.29, 1.82) is 0 Å². The van der Waals surface area contributed by atoms with Gasteiger partial charge in [-0.3, -0.25) is 0 Å². The second-order valence-electron chi connectivity index (χ2n) is 12.2. The standard InChI is InChI=1S/C27H43N3O2/c1-16(2)7-6-8-17(3)20-11-12-21-19-10-9-18-15-23(31)24(29-30-28)25(32)27(18,5)22(19)13-14-26(20,21)4/h9-10,16-17,20-25,31-32H,6-8,11-15H2,1-5H3/t17-,20-,21+,22+,23-,24-,25+,26-,27+/m1/s1. The highest BCUT2D eigenvalue weighted by molar-refractivity contribution is 5.41. The molecule has 4 aliphatic carbocycles. The van der Waals surface area contributed by atoms with Gasteiger partial charge in [0.2, 0.25) is 0 Å². The van der Waals surface area contributed by atoms with Crippen LogP contribution in [0.2, 0.25) is 0 Å². The average molecular weight is 442 g/mol. The molecule has 2 N–H and O–H groups in total. The van der Waals surface area contributed by atoms with Crippen molar-refractivity contribution in [3.05, 3.63) is 33.7 Å². The maximum atomic E-state index is 11.4. The van der Waals surface area contributed by atoms with Gasteiger partial charge in [-0.15, -0.1) is 0 Å². The lowest BCUT2D eigenvalue weighted by atomic mass is 9.48. The van der Waals surface area contributed by atoms with E-state index in [4.69, 9.17) is 5.53 Å². The molecule has 32 heavy (non-hydrogen) atoms. The fourth-order valence-corrected chi connectivity index (χ4v) is 8.29. The van der Waals surface area contributed by atoms with Crippen LogP contribution in [-0.4, -0.2) is 28.5 Å². The summed E-state index contributed by atoms with van der Waals surface area (Å²) >= 11 is 0. The Hall–Kier alpha value is -1.29. The second kappa shape index (κ2) is 8.81. The summed E-state index contributed by atoms with van der Waals surface area (Å²) in [6, 6.07) is -0.771. The van der Waals surface area contributed by atoms with Gasteiger partial charge >= 0.3 is 0 Å². The Bertz CT molecular complexity index is 829. The first-order valence-corrected chi connectivity index (χ1v) is 13.0. The van der Waals surface area contributed by atoms with E-state index in [1.54, 1.807) is 0 Å². The van der Waals surface area contributed by atoms with E-state index >= 15 is 0 Å². The summed E-state index contributed by atoms with van der Waals surface area (Å²) < 4.78 is 0. The fourth-order valence-electron chi connectivity index (χ4n) is 8.29. The van der Waals surface area contributed by atoms with Crippen molar-refractivity contribution in [1.82, 2.24) is 0 Å². The summed E-state index contributed by atoms with van der Waals surface area (Å²) in [6.07, 6.45) is 12.1. The van der Waals surface area contributed by atoms with Gasteiger partial charge < -0.3 is 10.2 Å². The monoisotopic (exact) mass is 441 g/mol. The molecule has 3 saturated carbocycles. The van der Waals surface area contributed by atoms with Crippen LogP contribution < -0.4 is 0 Å². The highest BCUT2D eigenvalue weighted by atomic mass is 16.3. The normalized spacial score (nSPS) is 44.0. The molecule has 0 amide bonds. The molecule has 5 heteroatoms. The van der Waals surface area contributed by atoms with Gasteiger partial charge in [0.1, 0.15) is 0 Å². The highest BCUT2D eigenvalue weighted by Crippen LogP contribution is 2.66. The van der Waals surface area contributed by atoms with Crippen molar-refractivity contribution < 1.29 is 10.2 Å². The van der Waals surface area contributed by atoms with Crippen LogP contribution in [0.25, 0.3) is 10.4 Å². The molecule has 0 aromatic carbocycles. The van der Waals surface area contributed by atoms with E-state index in [1.807, 2.05) is 0 Å². The maximum absolute atomic E-state index is 11.4. The van der Waals surface area contributed by atoms with E-state index < -0.39 is 23.7 Å². The lowest BCUT2D eigenvalue weighted by molar-refractivity contribution is -0.0682. The Balaban J connectivity index is 1.59. The van der Waals surface area contributed by atoms with E-state index in [1.165, 1.54) is 44.1 Å². The van der Waals surface area contributed by atoms with Crippen LogP contribution in [0.4, 0.5) is 0 Å². The zero-order valence-corrected chi connectivity index (χ0v) is 20.7. The largest absolute Gasteiger partial charge is 0.392 e. The molecule has 0 aromatic rings. The van der Waals surface area contributed by atoms with Crippen molar-refractivity contribution in [2.45, 2.75) is 104 Å². The van der Waals surface area contributed by atoms with Gasteiger partial charge in [0.15, 0.2) is 0 Å². The molecule has 3 fully saturated rings. The van der Waals surface area contributed by atoms with Crippen LogP contribution in [0.5, 0.6) is 0 Å². The first kappa shape index (κ1) is 23.9. The molecule has 0 radical (unpaired) electrons. The molecular weight excluding hydrogens is 398 g/mol. The van der Waals surface area contributed by atoms with Crippen molar-refractivity contribution in [2.24, 2.45) is 45.5 Å². The maximum Gasteiger partial charge on any atom is 0.0904 e. The van der Waals surface area contributed by atoms with E-state index in [0.29, 0.717) is 17.8 Å². The molecule has 0 unspecified atom stereocenters. The topological polar surface area (TPSA) is 89.2 Å². The lowest BCUT2D eigenvalue weighted by Crippen LogP contribution is -2.58. The number of allylic oxidation sites excluding steroid dienone is 3. The summed E-state index contributed by atoms with van der Waals surface area (Å²) in [5, 5.41) is 25.7. The summed E-state index contributed by atoms with van der Waals surface area (Å²) in [5.41, 5.74) is 11.5. The first-order valence-electron chi connectivity index (χ1n) is 13.0. The Labute approximate surface area is 194 Å². The van der Waals surface area contributed by atoms with Crippen molar-refractivity contribution >= 4 is 0 Å². The lowest BCUT2D eigenvalue weighted by Gasteiger charge is -2.57. The quantitative estimate of drug-likeness (QED) is 0.277. The van der Waals surface area contributed by atoms with Crippen LogP contribution in [0.1, 0.15) is 86.0 Å². The minimum Gasteiger partial charge on any atom is -0.392 e. The Morgan fingerprint density at radius 2 is 1.84 bits per heavy atom. The zero-order chi connectivity index (χ0) is 23.3. The van der Waals surface area contributed by atoms with Crippen molar-refractivity contribution in [2.75, 3.05) is 0 Å². The molecule has 0 saturated heterocycles. The van der Waals surface area contributed by atoms with Crippen LogP contribution in [-0.2, 0) is 0 Å². The Kier molecular flexibility index (Phi) is 6.57. The van der Waals surface area contributed by atoms with Crippen LogP contribution in [0.15, 0.2) is 28.4 Å². The molecule has 0 bridgehead atoms. The van der Waals surface area contributed by atoms with Crippen LogP contribution in [0, 0.1) is 40.4 Å². The van der Waals surface area contributed by atoms with Crippen LogP contribution >= 0.6 is 0 Å². The predicted molar refractivity (Wildman–Crippen MR) is 129 cm³/mol. The first-order chi connectivity index (χ1) is 15.1. The number of rotatable bonds is 6. The Morgan fingerprint density at radius 1 is 1.09 bits per heavy atom. The molecule has 0 spiro atoms. The SMILES string of the molecule is CC(C)CCC[C@@H](C)[C@H]1CC[C@H]2C3=CC=C4C[C@@H](O)[C@@H](N=[N+]=[N-])[C@H](O)[C@]4(C)[C@H]3CC[C@]12C. The van der Waals surface area contributed by atoms with E-state index in [-0.39, 0.29) is 5.92 Å². The third-order valence-electron chi connectivity index (χ3n) is 10.2. The van der Waals surface area contributed by atoms with E-state index in [9.17, 15) is 10.2 Å². The summed E-state index contributed by atoms with van der Waals surface area (Å²) in [6.45, 7) is 11.8. The number of hydrogen-bond donors (Lipinski definition) is 2. The van der Waals surface area contributed by atoms with E-state index in [0.717, 1.165) is 29.7 Å². The van der Waals surface area contributed by atoms with Gasteiger partial charge in [0.25, 0.3) is 0 Å². The molecular formula is C27H43N3O2. The molecule has 9 atom stereocenters. The molecule has 0 aromatic heterocycles. The number of aliphatic hydroxyl groups is 2. The average Bonchev–Trinajstić information content (AvgIpc) is 3.09. The third kappa shape index (κ3) is 3.65. The fraction of sp³-hybridized carbons (Fsp3) is 0.852. The molecule has 0 aliphatic heterocycles. The molecule has 0 heterocycles. The minimum absolute atomic E-state index is 0.273. The second-order valence-corrected chi connectivity index (χ2v) is 12.2. The minimum atomic E-state index is -0.849. The van der Waals surface area contributed by atoms with Gasteiger partial charge in [-0.05, 0) is 72.6 Å². The third-order valence-corrected chi connectivity index (χ3v) is 10.2. The number of fused-ring (bicyclic) bond motifs is 5. The van der Waals surface area contributed by atoms with Gasteiger partial charge in [-0.1, -0.05) is 82.3 Å². The summed E-state index contributed by atoms with van der Waals surface area (Å²) in [7, 11) is 0. The molecule has 4 aliphatic rings. The molecule has 178 valence electrons. The van der Waals surface area contributed by atoms with Gasteiger partial charge in [0, 0.05) is 10.3 Å². The van der Waals surface area contributed by atoms with Gasteiger partial charge in [-0.2, -0.15) is 0 Å². The van der Waals surface area contributed by atoms with Crippen LogP contribution in [0.3, 0.4) is 0 Å². The summed E-state index contributed by atoms with van der Waals surface area (Å²) in [5.74, 6) is 3.16. The zero-order valence-electron chi connectivity index (χ0n) is 20.7. The number of hydrogen-bond acceptors (Lipinski definition) is 3. The summed E-state index contributed by atoms with van der Waals surface area (Å²) in [4.78, 5) is 2.93. The van der Waals surface area contributed by atoms with Crippen molar-refractivity contribution in [3.63, 3.8) is 0 Å².